The standard InChI is InChI=1S/C32H35N3O5/c1-22-18-27(19-30(39-3)23(22)2)32(37)40-17-16-35(15-14-26-20-33-29-7-5-4-6-28(26)29)21-25-10-8-24(9-11-25)12-13-31(36)34-38/h4-13,18-20,33,38H,14-17,21H2,1-3H3,(H,34,36)/b13-12+. The smallest absolute Gasteiger partial charge is 0.338 e. The molecule has 8 nitrogen and oxygen atoms in total. The van der Waals surface area contributed by atoms with Crippen molar-refractivity contribution < 1.29 is 24.3 Å². The molecule has 8 heteroatoms. The van der Waals surface area contributed by atoms with E-state index in [1.54, 1.807) is 24.7 Å². The molecule has 1 aromatic heterocycles. The summed E-state index contributed by atoms with van der Waals surface area (Å²) in [5.74, 6) is -0.287. The quantitative estimate of drug-likeness (QED) is 0.0984. The van der Waals surface area contributed by atoms with Gasteiger partial charge in [-0.2, -0.15) is 0 Å². The number of methoxy groups -OCH3 is 1. The number of carbonyl (C=O) groups is 2. The van der Waals surface area contributed by atoms with Gasteiger partial charge in [0.1, 0.15) is 12.4 Å². The van der Waals surface area contributed by atoms with Crippen LogP contribution in [0.1, 0.15) is 38.2 Å². The Balaban J connectivity index is 1.43. The molecule has 3 N–H and O–H groups in total. The number of H-pyrrole nitrogens is 1. The molecule has 0 bridgehead atoms. The number of benzene rings is 3. The molecule has 0 saturated heterocycles. The number of rotatable bonds is 12. The lowest BCUT2D eigenvalue weighted by molar-refractivity contribution is -0.124. The summed E-state index contributed by atoms with van der Waals surface area (Å²) < 4.78 is 11.1. The van der Waals surface area contributed by atoms with Crippen molar-refractivity contribution in [2.75, 3.05) is 26.8 Å². The molecule has 0 saturated carbocycles. The molecule has 40 heavy (non-hydrogen) atoms. The first kappa shape index (κ1) is 28.6. The minimum Gasteiger partial charge on any atom is -0.496 e. The van der Waals surface area contributed by atoms with E-state index in [1.807, 2.05) is 56.3 Å². The molecule has 0 unspecified atom stereocenters. The van der Waals surface area contributed by atoms with Gasteiger partial charge in [-0.25, -0.2) is 10.3 Å². The highest BCUT2D eigenvalue weighted by Crippen LogP contribution is 2.24. The van der Waals surface area contributed by atoms with Crippen molar-refractivity contribution in [2.24, 2.45) is 0 Å². The number of para-hydroxylation sites is 1. The van der Waals surface area contributed by atoms with E-state index in [0.29, 0.717) is 24.4 Å². The summed E-state index contributed by atoms with van der Waals surface area (Å²) in [4.78, 5) is 29.7. The van der Waals surface area contributed by atoms with Gasteiger partial charge >= 0.3 is 5.97 Å². The minimum atomic E-state index is -0.582. The van der Waals surface area contributed by atoms with Gasteiger partial charge in [-0.3, -0.25) is 14.9 Å². The number of aromatic nitrogens is 1. The van der Waals surface area contributed by atoms with E-state index in [2.05, 4.69) is 28.2 Å². The number of aromatic amines is 1. The average molecular weight is 542 g/mol. The molecule has 0 fully saturated rings. The van der Waals surface area contributed by atoms with Gasteiger partial charge in [-0.05, 0) is 72.4 Å². The van der Waals surface area contributed by atoms with Crippen LogP contribution in [-0.2, 0) is 22.5 Å². The van der Waals surface area contributed by atoms with Gasteiger partial charge in [-0.1, -0.05) is 42.5 Å². The van der Waals surface area contributed by atoms with Crippen LogP contribution in [0.25, 0.3) is 17.0 Å². The Labute approximate surface area is 234 Å². The maximum atomic E-state index is 12.8. The zero-order valence-electron chi connectivity index (χ0n) is 23.1. The van der Waals surface area contributed by atoms with E-state index in [1.165, 1.54) is 17.0 Å². The number of ether oxygens (including phenoxy) is 2. The number of hydroxylamine groups is 1. The first-order chi connectivity index (χ1) is 19.4. The number of hydrogen-bond donors (Lipinski definition) is 3. The van der Waals surface area contributed by atoms with Crippen molar-refractivity contribution in [2.45, 2.75) is 26.8 Å². The van der Waals surface area contributed by atoms with Crippen LogP contribution in [0.15, 0.2) is 72.9 Å². The predicted molar refractivity (Wildman–Crippen MR) is 155 cm³/mol. The number of carbonyl (C=O) groups excluding carboxylic acids is 2. The number of nitrogens with zero attached hydrogens (tertiary/aromatic N) is 1. The molecular formula is C32H35N3O5. The van der Waals surface area contributed by atoms with Gasteiger partial charge in [0, 0.05) is 42.8 Å². The van der Waals surface area contributed by atoms with E-state index >= 15 is 0 Å². The Morgan fingerprint density at radius 1 is 1.05 bits per heavy atom. The van der Waals surface area contributed by atoms with Gasteiger partial charge in [0.05, 0.1) is 12.7 Å². The van der Waals surface area contributed by atoms with Crippen molar-refractivity contribution in [1.29, 1.82) is 0 Å². The maximum Gasteiger partial charge on any atom is 0.338 e. The monoisotopic (exact) mass is 541 g/mol. The van der Waals surface area contributed by atoms with Gasteiger partial charge in [0.2, 0.25) is 0 Å². The van der Waals surface area contributed by atoms with Crippen LogP contribution in [0.3, 0.4) is 0 Å². The van der Waals surface area contributed by atoms with E-state index in [9.17, 15) is 9.59 Å². The first-order valence-electron chi connectivity index (χ1n) is 13.2. The first-order valence-corrected chi connectivity index (χ1v) is 13.2. The summed E-state index contributed by atoms with van der Waals surface area (Å²) in [5, 5.41) is 9.86. The fourth-order valence-corrected chi connectivity index (χ4v) is 4.60. The van der Waals surface area contributed by atoms with E-state index in [4.69, 9.17) is 14.7 Å². The fourth-order valence-electron chi connectivity index (χ4n) is 4.60. The molecule has 0 atom stereocenters. The molecule has 4 rings (SSSR count). The number of amides is 1. The summed E-state index contributed by atoms with van der Waals surface area (Å²) in [6, 6.07) is 19.6. The van der Waals surface area contributed by atoms with Crippen molar-refractivity contribution >= 4 is 28.9 Å². The fraction of sp³-hybridized carbons (Fsp3) is 0.250. The second kappa shape index (κ2) is 13.6. The van der Waals surface area contributed by atoms with Gasteiger partial charge in [-0.15, -0.1) is 0 Å². The van der Waals surface area contributed by atoms with E-state index in [-0.39, 0.29) is 12.6 Å². The molecule has 4 aromatic rings. The third-order valence-electron chi connectivity index (χ3n) is 7.01. The SMILES string of the molecule is COc1cc(C(=O)OCCN(CCc2c[nH]c3ccccc23)Cc2ccc(/C=C/C(=O)NO)cc2)cc(C)c1C. The Bertz CT molecular complexity index is 1490. The van der Waals surface area contributed by atoms with Crippen LogP contribution in [0.2, 0.25) is 0 Å². The maximum absolute atomic E-state index is 12.8. The van der Waals surface area contributed by atoms with Crippen LogP contribution < -0.4 is 10.2 Å². The third-order valence-corrected chi connectivity index (χ3v) is 7.01. The van der Waals surface area contributed by atoms with Crippen LogP contribution in [0, 0.1) is 13.8 Å². The summed E-state index contributed by atoms with van der Waals surface area (Å²) in [7, 11) is 1.59. The minimum absolute atomic E-state index is 0.249. The molecule has 0 spiro atoms. The second-order valence-corrected chi connectivity index (χ2v) is 9.69. The number of hydrogen-bond acceptors (Lipinski definition) is 6. The largest absolute Gasteiger partial charge is 0.496 e. The lowest BCUT2D eigenvalue weighted by Gasteiger charge is -2.22. The van der Waals surface area contributed by atoms with Crippen LogP contribution >= 0.6 is 0 Å². The van der Waals surface area contributed by atoms with Crippen molar-refractivity contribution in [1.82, 2.24) is 15.4 Å². The molecule has 0 aliphatic heterocycles. The predicted octanol–water partition coefficient (Wildman–Crippen LogP) is 5.21. The van der Waals surface area contributed by atoms with Crippen molar-refractivity contribution in [3.63, 3.8) is 0 Å². The van der Waals surface area contributed by atoms with Crippen LogP contribution in [0.5, 0.6) is 5.75 Å². The van der Waals surface area contributed by atoms with E-state index < -0.39 is 5.91 Å². The number of nitrogens with one attached hydrogen (secondary N) is 2. The third kappa shape index (κ3) is 7.37. The molecule has 3 aromatic carbocycles. The molecule has 208 valence electrons. The second-order valence-electron chi connectivity index (χ2n) is 9.69. The normalized spacial score (nSPS) is 11.3. The topological polar surface area (TPSA) is 104 Å². The van der Waals surface area contributed by atoms with E-state index in [0.717, 1.165) is 40.7 Å². The van der Waals surface area contributed by atoms with Gasteiger partial charge < -0.3 is 14.5 Å². The highest BCUT2D eigenvalue weighted by molar-refractivity contribution is 5.91. The molecule has 1 amide bonds. The Kier molecular flexibility index (Phi) is 9.72. The molecular weight excluding hydrogens is 506 g/mol. The highest BCUT2D eigenvalue weighted by Gasteiger charge is 2.14. The van der Waals surface area contributed by atoms with Crippen LogP contribution in [-0.4, -0.2) is 53.8 Å². The Morgan fingerprint density at radius 3 is 2.58 bits per heavy atom. The van der Waals surface area contributed by atoms with Crippen molar-refractivity contribution in [3.05, 3.63) is 106 Å². The Morgan fingerprint density at radius 2 is 1.82 bits per heavy atom. The Hall–Kier alpha value is -4.40. The van der Waals surface area contributed by atoms with Crippen LogP contribution in [0.4, 0.5) is 0 Å². The lowest BCUT2D eigenvalue weighted by atomic mass is 10.1. The molecule has 0 radical (unpaired) electrons. The molecule has 0 aliphatic carbocycles. The number of aryl methyl sites for hydroxylation is 1. The number of esters is 1. The summed E-state index contributed by atoms with van der Waals surface area (Å²) in [6.07, 6.45) is 5.79. The average Bonchev–Trinajstić information content (AvgIpc) is 3.39. The zero-order chi connectivity index (χ0) is 28.5. The summed E-state index contributed by atoms with van der Waals surface area (Å²) in [6.45, 7) is 6.16. The summed E-state index contributed by atoms with van der Waals surface area (Å²) >= 11 is 0. The van der Waals surface area contributed by atoms with Crippen molar-refractivity contribution in [3.8, 4) is 5.75 Å². The van der Waals surface area contributed by atoms with Gasteiger partial charge in [0.15, 0.2) is 0 Å². The highest BCUT2D eigenvalue weighted by atomic mass is 16.5. The van der Waals surface area contributed by atoms with Gasteiger partial charge in [0.25, 0.3) is 5.91 Å². The number of fused-ring (bicyclic) bond motifs is 1. The summed E-state index contributed by atoms with van der Waals surface area (Å²) in [5.41, 5.74) is 8.32. The molecule has 1 heterocycles. The lowest BCUT2D eigenvalue weighted by Crippen LogP contribution is -2.30. The zero-order valence-corrected chi connectivity index (χ0v) is 23.1. The molecule has 0 aliphatic rings.